The molecule has 1 N–H and O–H groups in total. The SMILES string of the molecule is O=C(NCCCc1ccccc1)c1cnn(-c2cccc3ccccc23)c1-c1ccc(-c2ccccc2)cc1. The van der Waals surface area contributed by atoms with Crippen molar-refractivity contribution in [3.05, 3.63) is 145 Å². The van der Waals surface area contributed by atoms with Crippen molar-refractivity contribution >= 4 is 16.7 Å². The second-order valence-electron chi connectivity index (χ2n) is 9.61. The van der Waals surface area contributed by atoms with Gasteiger partial charge in [0.25, 0.3) is 5.91 Å². The van der Waals surface area contributed by atoms with Crippen LogP contribution in [0, 0.1) is 0 Å². The number of rotatable bonds is 8. The number of amides is 1. The Balaban J connectivity index is 1.35. The highest BCUT2D eigenvalue weighted by atomic mass is 16.1. The van der Waals surface area contributed by atoms with E-state index in [1.807, 2.05) is 59.3 Å². The second kappa shape index (κ2) is 11.2. The maximum Gasteiger partial charge on any atom is 0.255 e. The molecule has 190 valence electrons. The first-order chi connectivity index (χ1) is 19.3. The highest BCUT2D eigenvalue weighted by molar-refractivity contribution is 6.01. The van der Waals surface area contributed by atoms with Crippen LogP contribution in [0.25, 0.3) is 38.8 Å². The van der Waals surface area contributed by atoms with Crippen LogP contribution in [0.4, 0.5) is 0 Å². The van der Waals surface area contributed by atoms with Gasteiger partial charge in [-0.3, -0.25) is 4.79 Å². The summed E-state index contributed by atoms with van der Waals surface area (Å²) in [6.45, 7) is 0.597. The molecule has 0 aliphatic heterocycles. The highest BCUT2D eigenvalue weighted by Gasteiger charge is 2.21. The fraction of sp³-hybridized carbons (Fsp3) is 0.0857. The number of nitrogens with one attached hydrogen (secondary N) is 1. The standard InChI is InChI=1S/C35H29N3O/c39-35(36-24-10-13-26-11-3-1-4-12-26)32-25-37-38(33-19-9-17-29-16-7-8-18-31(29)33)34(32)30-22-20-28(21-23-30)27-14-5-2-6-15-27/h1-9,11-12,14-23,25H,10,13,24H2,(H,36,39). The van der Waals surface area contributed by atoms with Gasteiger partial charge in [0.15, 0.2) is 0 Å². The number of benzene rings is 5. The fourth-order valence-corrected chi connectivity index (χ4v) is 5.05. The third-order valence-corrected chi connectivity index (χ3v) is 7.04. The van der Waals surface area contributed by atoms with Crippen LogP contribution >= 0.6 is 0 Å². The van der Waals surface area contributed by atoms with Gasteiger partial charge in [-0.15, -0.1) is 0 Å². The molecule has 0 aliphatic rings. The molecule has 1 heterocycles. The quantitative estimate of drug-likeness (QED) is 0.214. The van der Waals surface area contributed by atoms with Crippen molar-refractivity contribution in [1.82, 2.24) is 15.1 Å². The molecule has 5 aromatic carbocycles. The predicted octanol–water partition coefficient (Wildman–Crippen LogP) is 7.72. The second-order valence-corrected chi connectivity index (χ2v) is 9.61. The Labute approximate surface area is 228 Å². The molecule has 0 bridgehead atoms. The molecule has 0 aliphatic carbocycles. The van der Waals surface area contributed by atoms with E-state index in [1.54, 1.807) is 6.20 Å². The normalized spacial score (nSPS) is 11.0. The van der Waals surface area contributed by atoms with E-state index in [9.17, 15) is 4.79 Å². The van der Waals surface area contributed by atoms with Gasteiger partial charge in [-0.05, 0) is 41.0 Å². The smallest absolute Gasteiger partial charge is 0.255 e. The van der Waals surface area contributed by atoms with Gasteiger partial charge in [-0.1, -0.05) is 121 Å². The maximum atomic E-state index is 13.5. The van der Waals surface area contributed by atoms with E-state index in [2.05, 4.69) is 78.1 Å². The molecule has 0 unspecified atom stereocenters. The van der Waals surface area contributed by atoms with E-state index in [1.165, 1.54) is 5.56 Å². The van der Waals surface area contributed by atoms with E-state index in [0.717, 1.165) is 51.7 Å². The summed E-state index contributed by atoms with van der Waals surface area (Å²) in [6, 6.07) is 43.5. The summed E-state index contributed by atoms with van der Waals surface area (Å²) < 4.78 is 1.90. The topological polar surface area (TPSA) is 46.9 Å². The molecule has 1 aromatic heterocycles. The Kier molecular flexibility index (Phi) is 7.00. The average molecular weight is 508 g/mol. The Bertz CT molecular complexity index is 1700. The lowest BCUT2D eigenvalue weighted by Gasteiger charge is -2.13. The van der Waals surface area contributed by atoms with Gasteiger partial charge in [0, 0.05) is 17.5 Å². The van der Waals surface area contributed by atoms with Crippen LogP contribution in [-0.4, -0.2) is 22.2 Å². The van der Waals surface area contributed by atoms with Crippen LogP contribution in [0.5, 0.6) is 0 Å². The molecular formula is C35H29N3O. The number of aromatic nitrogens is 2. The lowest BCUT2D eigenvalue weighted by atomic mass is 10.0. The third kappa shape index (κ3) is 5.23. The summed E-state index contributed by atoms with van der Waals surface area (Å²) in [4.78, 5) is 13.5. The molecule has 4 nitrogen and oxygen atoms in total. The number of fused-ring (bicyclic) bond motifs is 1. The first-order valence-electron chi connectivity index (χ1n) is 13.3. The van der Waals surface area contributed by atoms with Crippen LogP contribution in [0.2, 0.25) is 0 Å². The van der Waals surface area contributed by atoms with Crippen molar-refractivity contribution in [3.8, 4) is 28.1 Å². The van der Waals surface area contributed by atoms with Gasteiger partial charge in [0.2, 0.25) is 0 Å². The summed E-state index contributed by atoms with van der Waals surface area (Å²) >= 11 is 0. The predicted molar refractivity (Wildman–Crippen MR) is 159 cm³/mol. The van der Waals surface area contributed by atoms with Gasteiger partial charge >= 0.3 is 0 Å². The number of aryl methyl sites for hydroxylation is 1. The molecule has 6 rings (SSSR count). The summed E-state index contributed by atoms with van der Waals surface area (Å²) in [5.41, 5.74) is 6.79. The summed E-state index contributed by atoms with van der Waals surface area (Å²) in [6.07, 6.45) is 3.48. The van der Waals surface area contributed by atoms with E-state index < -0.39 is 0 Å². The van der Waals surface area contributed by atoms with Crippen molar-refractivity contribution in [2.24, 2.45) is 0 Å². The van der Waals surface area contributed by atoms with Gasteiger partial charge in [-0.25, -0.2) is 4.68 Å². The number of carbonyl (C=O) groups excluding carboxylic acids is 1. The molecule has 0 fully saturated rings. The molecule has 0 saturated heterocycles. The monoisotopic (exact) mass is 507 g/mol. The largest absolute Gasteiger partial charge is 0.352 e. The Hall–Kier alpha value is -4.96. The van der Waals surface area contributed by atoms with Crippen molar-refractivity contribution in [3.63, 3.8) is 0 Å². The number of nitrogens with zero attached hydrogens (tertiary/aromatic N) is 2. The molecular weight excluding hydrogens is 478 g/mol. The maximum absolute atomic E-state index is 13.5. The highest BCUT2D eigenvalue weighted by Crippen LogP contribution is 2.32. The van der Waals surface area contributed by atoms with Gasteiger partial charge in [0.1, 0.15) is 0 Å². The van der Waals surface area contributed by atoms with Crippen molar-refractivity contribution < 1.29 is 4.79 Å². The molecule has 0 radical (unpaired) electrons. The lowest BCUT2D eigenvalue weighted by molar-refractivity contribution is 0.0954. The Morgan fingerprint density at radius 2 is 1.31 bits per heavy atom. The molecule has 39 heavy (non-hydrogen) atoms. The summed E-state index contributed by atoms with van der Waals surface area (Å²) in [5, 5.41) is 10.1. The number of carbonyl (C=O) groups is 1. The van der Waals surface area contributed by atoms with E-state index in [4.69, 9.17) is 5.10 Å². The van der Waals surface area contributed by atoms with E-state index >= 15 is 0 Å². The minimum absolute atomic E-state index is 0.114. The minimum Gasteiger partial charge on any atom is -0.352 e. The zero-order valence-corrected chi connectivity index (χ0v) is 21.6. The van der Waals surface area contributed by atoms with Crippen LogP contribution in [0.15, 0.2) is 134 Å². The zero-order valence-electron chi connectivity index (χ0n) is 21.6. The first-order valence-corrected chi connectivity index (χ1v) is 13.3. The molecule has 1 amide bonds. The van der Waals surface area contributed by atoms with E-state index in [0.29, 0.717) is 12.1 Å². The summed E-state index contributed by atoms with van der Waals surface area (Å²) in [7, 11) is 0. The molecule has 4 heteroatoms. The number of hydrogen-bond donors (Lipinski definition) is 1. The van der Waals surface area contributed by atoms with Gasteiger partial charge in [0.05, 0.1) is 23.1 Å². The van der Waals surface area contributed by atoms with Crippen molar-refractivity contribution in [2.75, 3.05) is 6.54 Å². The van der Waals surface area contributed by atoms with Crippen LogP contribution in [-0.2, 0) is 6.42 Å². The number of hydrogen-bond acceptors (Lipinski definition) is 2. The molecule has 6 aromatic rings. The first kappa shape index (κ1) is 24.4. The molecule has 0 spiro atoms. The Morgan fingerprint density at radius 3 is 2.10 bits per heavy atom. The van der Waals surface area contributed by atoms with Crippen LogP contribution in [0.1, 0.15) is 22.3 Å². The third-order valence-electron chi connectivity index (χ3n) is 7.04. The lowest BCUT2D eigenvalue weighted by Crippen LogP contribution is -2.25. The summed E-state index contributed by atoms with van der Waals surface area (Å²) in [5.74, 6) is -0.114. The van der Waals surface area contributed by atoms with Crippen LogP contribution in [0.3, 0.4) is 0 Å². The molecule has 0 atom stereocenters. The van der Waals surface area contributed by atoms with Gasteiger partial charge in [-0.2, -0.15) is 5.10 Å². The fourth-order valence-electron chi connectivity index (χ4n) is 5.05. The van der Waals surface area contributed by atoms with Crippen molar-refractivity contribution in [1.29, 1.82) is 0 Å². The van der Waals surface area contributed by atoms with Crippen molar-refractivity contribution in [2.45, 2.75) is 12.8 Å². The average Bonchev–Trinajstić information content (AvgIpc) is 3.45. The van der Waals surface area contributed by atoms with Gasteiger partial charge < -0.3 is 5.32 Å². The zero-order chi connectivity index (χ0) is 26.4. The van der Waals surface area contributed by atoms with Crippen LogP contribution < -0.4 is 5.32 Å². The minimum atomic E-state index is -0.114. The molecule has 0 saturated carbocycles. The van der Waals surface area contributed by atoms with E-state index in [-0.39, 0.29) is 5.91 Å². The Morgan fingerprint density at radius 1 is 0.667 bits per heavy atom.